The Bertz CT molecular complexity index is 555. The SMILES string of the molecule is Cc1ccc(F)c(Nc2cccc(F)n2)c1F. The highest BCUT2D eigenvalue weighted by Gasteiger charge is 2.12. The summed E-state index contributed by atoms with van der Waals surface area (Å²) in [6.45, 7) is 1.51. The molecule has 0 aliphatic heterocycles. The quantitative estimate of drug-likeness (QED) is 0.809. The fraction of sp³-hybridized carbons (Fsp3) is 0.0833. The van der Waals surface area contributed by atoms with Gasteiger partial charge in [-0.05, 0) is 30.7 Å². The van der Waals surface area contributed by atoms with Gasteiger partial charge in [-0.25, -0.2) is 13.8 Å². The van der Waals surface area contributed by atoms with Gasteiger partial charge in [-0.3, -0.25) is 0 Å². The Morgan fingerprint density at radius 2 is 1.82 bits per heavy atom. The summed E-state index contributed by atoms with van der Waals surface area (Å²) in [6.07, 6.45) is 0. The molecule has 1 heterocycles. The highest BCUT2D eigenvalue weighted by molar-refractivity contribution is 5.58. The fourth-order valence-electron chi connectivity index (χ4n) is 1.38. The van der Waals surface area contributed by atoms with Gasteiger partial charge in [-0.15, -0.1) is 0 Å². The molecular formula is C12H9F3N2. The van der Waals surface area contributed by atoms with E-state index in [4.69, 9.17) is 0 Å². The molecule has 0 bridgehead atoms. The Balaban J connectivity index is 2.39. The second-order valence-electron chi connectivity index (χ2n) is 3.52. The molecule has 0 saturated carbocycles. The van der Waals surface area contributed by atoms with Gasteiger partial charge >= 0.3 is 0 Å². The number of hydrogen-bond donors (Lipinski definition) is 1. The van der Waals surface area contributed by atoms with Gasteiger partial charge in [-0.1, -0.05) is 12.1 Å². The summed E-state index contributed by atoms with van der Waals surface area (Å²) in [7, 11) is 0. The lowest BCUT2D eigenvalue weighted by atomic mass is 10.2. The van der Waals surface area contributed by atoms with Crippen molar-refractivity contribution in [3.8, 4) is 0 Å². The standard InChI is InChI=1S/C12H9F3N2/c1-7-5-6-8(13)12(11(7)15)17-10-4-2-3-9(14)16-10/h2-6H,1H3,(H,16,17). The van der Waals surface area contributed by atoms with Gasteiger partial charge in [0.2, 0.25) is 5.95 Å². The van der Waals surface area contributed by atoms with Crippen molar-refractivity contribution in [2.75, 3.05) is 5.32 Å². The van der Waals surface area contributed by atoms with E-state index in [-0.39, 0.29) is 11.5 Å². The number of nitrogens with one attached hydrogen (secondary N) is 1. The summed E-state index contributed by atoms with van der Waals surface area (Å²) in [5.41, 5.74) is -0.0339. The molecule has 17 heavy (non-hydrogen) atoms. The first-order chi connectivity index (χ1) is 8.08. The minimum Gasteiger partial charge on any atom is -0.335 e. The van der Waals surface area contributed by atoms with Crippen molar-refractivity contribution >= 4 is 11.5 Å². The number of aryl methyl sites for hydroxylation is 1. The van der Waals surface area contributed by atoms with Crippen molar-refractivity contribution in [3.05, 3.63) is 53.5 Å². The Hall–Kier alpha value is -2.04. The van der Waals surface area contributed by atoms with Crippen LogP contribution in [0.1, 0.15) is 5.56 Å². The molecule has 0 amide bonds. The van der Waals surface area contributed by atoms with Crippen LogP contribution in [0.5, 0.6) is 0 Å². The van der Waals surface area contributed by atoms with E-state index < -0.39 is 17.6 Å². The molecule has 0 radical (unpaired) electrons. The maximum Gasteiger partial charge on any atom is 0.214 e. The zero-order chi connectivity index (χ0) is 12.4. The molecule has 0 aliphatic carbocycles. The summed E-state index contributed by atoms with van der Waals surface area (Å²) < 4.78 is 39.8. The number of halogens is 3. The monoisotopic (exact) mass is 238 g/mol. The Kier molecular flexibility index (Phi) is 2.99. The molecule has 1 aromatic carbocycles. The molecule has 0 spiro atoms. The molecule has 1 N–H and O–H groups in total. The molecule has 0 aliphatic rings. The number of pyridine rings is 1. The molecule has 0 fully saturated rings. The zero-order valence-electron chi connectivity index (χ0n) is 8.97. The number of aromatic nitrogens is 1. The van der Waals surface area contributed by atoms with Crippen LogP contribution in [0.4, 0.5) is 24.7 Å². The van der Waals surface area contributed by atoms with Crippen molar-refractivity contribution < 1.29 is 13.2 Å². The van der Waals surface area contributed by atoms with Crippen LogP contribution in [-0.2, 0) is 0 Å². The molecule has 0 unspecified atom stereocenters. The number of benzene rings is 1. The minimum absolute atomic E-state index is 0.0494. The molecule has 2 nitrogen and oxygen atoms in total. The molecule has 5 heteroatoms. The molecular weight excluding hydrogens is 229 g/mol. The van der Waals surface area contributed by atoms with E-state index >= 15 is 0 Å². The smallest absolute Gasteiger partial charge is 0.214 e. The first-order valence-corrected chi connectivity index (χ1v) is 4.92. The van der Waals surface area contributed by atoms with Crippen LogP contribution < -0.4 is 5.32 Å². The van der Waals surface area contributed by atoms with Crippen molar-refractivity contribution in [2.24, 2.45) is 0 Å². The van der Waals surface area contributed by atoms with Crippen molar-refractivity contribution in [1.29, 1.82) is 0 Å². The predicted molar refractivity (Wildman–Crippen MR) is 58.6 cm³/mol. The van der Waals surface area contributed by atoms with Crippen LogP contribution in [0.25, 0.3) is 0 Å². The first-order valence-electron chi connectivity index (χ1n) is 4.92. The average molecular weight is 238 g/mol. The molecule has 0 saturated heterocycles. The maximum absolute atomic E-state index is 13.6. The molecule has 2 aromatic rings. The Labute approximate surface area is 96.1 Å². The van der Waals surface area contributed by atoms with Crippen molar-refractivity contribution in [1.82, 2.24) is 4.98 Å². The third-order valence-corrected chi connectivity index (χ3v) is 2.25. The summed E-state index contributed by atoms with van der Waals surface area (Å²) in [5.74, 6) is -2.13. The summed E-state index contributed by atoms with van der Waals surface area (Å²) in [6, 6.07) is 6.43. The zero-order valence-corrected chi connectivity index (χ0v) is 8.97. The van der Waals surface area contributed by atoms with E-state index in [0.29, 0.717) is 5.56 Å². The van der Waals surface area contributed by atoms with Crippen LogP contribution >= 0.6 is 0 Å². The van der Waals surface area contributed by atoms with E-state index in [1.807, 2.05) is 0 Å². The van der Waals surface area contributed by atoms with Crippen LogP contribution in [0, 0.1) is 24.5 Å². The van der Waals surface area contributed by atoms with E-state index in [1.54, 1.807) is 0 Å². The van der Waals surface area contributed by atoms with Gasteiger partial charge in [-0.2, -0.15) is 4.39 Å². The largest absolute Gasteiger partial charge is 0.335 e. The number of hydrogen-bond acceptors (Lipinski definition) is 2. The molecule has 0 atom stereocenters. The van der Waals surface area contributed by atoms with Crippen molar-refractivity contribution in [2.45, 2.75) is 6.92 Å². The predicted octanol–water partition coefficient (Wildman–Crippen LogP) is 3.55. The summed E-state index contributed by atoms with van der Waals surface area (Å²) >= 11 is 0. The molecule has 1 aromatic heterocycles. The molecule has 88 valence electrons. The van der Waals surface area contributed by atoms with Crippen LogP contribution in [-0.4, -0.2) is 4.98 Å². The van der Waals surface area contributed by atoms with E-state index in [0.717, 1.165) is 12.1 Å². The van der Waals surface area contributed by atoms with Crippen molar-refractivity contribution in [3.63, 3.8) is 0 Å². The van der Waals surface area contributed by atoms with Gasteiger partial charge in [0.05, 0.1) is 0 Å². The lowest BCUT2D eigenvalue weighted by Gasteiger charge is -2.09. The van der Waals surface area contributed by atoms with Crippen LogP contribution in [0.3, 0.4) is 0 Å². The van der Waals surface area contributed by atoms with Gasteiger partial charge in [0.15, 0.2) is 5.82 Å². The second-order valence-corrected chi connectivity index (χ2v) is 3.52. The lowest BCUT2D eigenvalue weighted by Crippen LogP contribution is -2.01. The number of anilines is 2. The topological polar surface area (TPSA) is 24.9 Å². The normalized spacial score (nSPS) is 10.4. The number of nitrogens with zero attached hydrogens (tertiary/aromatic N) is 1. The van der Waals surface area contributed by atoms with Gasteiger partial charge in [0.25, 0.3) is 0 Å². The minimum atomic E-state index is -0.751. The molecule has 2 rings (SSSR count). The third-order valence-electron chi connectivity index (χ3n) is 2.25. The Morgan fingerprint density at radius 1 is 1.06 bits per heavy atom. The summed E-state index contributed by atoms with van der Waals surface area (Å²) in [5, 5.41) is 2.42. The highest BCUT2D eigenvalue weighted by Crippen LogP contribution is 2.24. The van der Waals surface area contributed by atoms with Crippen LogP contribution in [0.15, 0.2) is 30.3 Å². The third kappa shape index (κ3) is 2.38. The van der Waals surface area contributed by atoms with E-state index in [2.05, 4.69) is 10.3 Å². The summed E-state index contributed by atoms with van der Waals surface area (Å²) in [4.78, 5) is 3.47. The maximum atomic E-state index is 13.6. The highest BCUT2D eigenvalue weighted by atomic mass is 19.1. The van der Waals surface area contributed by atoms with Gasteiger partial charge < -0.3 is 5.32 Å². The lowest BCUT2D eigenvalue weighted by molar-refractivity contribution is 0.579. The first kappa shape index (κ1) is 11.4. The van der Waals surface area contributed by atoms with Gasteiger partial charge in [0, 0.05) is 0 Å². The Morgan fingerprint density at radius 3 is 2.53 bits per heavy atom. The van der Waals surface area contributed by atoms with Crippen LogP contribution in [0.2, 0.25) is 0 Å². The van der Waals surface area contributed by atoms with Gasteiger partial charge in [0.1, 0.15) is 17.3 Å². The number of rotatable bonds is 2. The van der Waals surface area contributed by atoms with E-state index in [9.17, 15) is 13.2 Å². The van der Waals surface area contributed by atoms with E-state index in [1.165, 1.54) is 25.1 Å². The average Bonchev–Trinajstić information content (AvgIpc) is 2.30. The second kappa shape index (κ2) is 4.45. The fourth-order valence-corrected chi connectivity index (χ4v) is 1.38.